The molecule has 0 aromatic rings. The highest BCUT2D eigenvalue weighted by Gasteiger charge is 2.16. The minimum atomic E-state index is -0.134. The molecule has 1 amide bonds. The largest absolute Gasteiger partial charge is 0.468 e. The molecule has 1 N–H and O–H groups in total. The Morgan fingerprint density at radius 2 is 2.14 bits per heavy atom. The Hall–Kier alpha value is -1.32. The van der Waals surface area contributed by atoms with Crippen LogP contribution in [0.3, 0.4) is 0 Å². The molecule has 0 aliphatic rings. The monoisotopic (exact) mass is 199 g/mol. The fourth-order valence-corrected chi connectivity index (χ4v) is 1.02. The van der Waals surface area contributed by atoms with E-state index >= 15 is 0 Å². The molecule has 0 fully saturated rings. The van der Waals surface area contributed by atoms with E-state index in [2.05, 4.69) is 16.6 Å². The lowest BCUT2D eigenvalue weighted by atomic mass is 9.94. The van der Waals surface area contributed by atoms with E-state index in [4.69, 9.17) is 0 Å². The number of hydrogen-bond donors (Lipinski definition) is 1. The first-order valence-electron chi connectivity index (χ1n) is 4.50. The van der Waals surface area contributed by atoms with Gasteiger partial charge >= 0.3 is 0 Å². The summed E-state index contributed by atoms with van der Waals surface area (Å²) in [5.41, 5.74) is 0.652. The topological polar surface area (TPSA) is 55.4 Å². The van der Waals surface area contributed by atoms with Gasteiger partial charge in [0.05, 0.1) is 6.61 Å². The van der Waals surface area contributed by atoms with Crippen molar-refractivity contribution in [3.63, 3.8) is 0 Å². The number of ether oxygens (including phenoxy) is 1. The van der Waals surface area contributed by atoms with Crippen molar-refractivity contribution in [1.82, 2.24) is 5.32 Å². The first-order valence-corrected chi connectivity index (χ1v) is 4.50. The lowest BCUT2D eigenvalue weighted by Crippen LogP contribution is -2.27. The summed E-state index contributed by atoms with van der Waals surface area (Å²) in [5.74, 6) is 0.0868. The maximum Gasteiger partial charge on any atom is 0.293 e. The third-order valence-corrected chi connectivity index (χ3v) is 2.17. The SMILES string of the molecule is C=C(NC(C)=O)C(C)C(C)COC=O. The predicted molar refractivity (Wildman–Crippen MR) is 53.3 cm³/mol. The van der Waals surface area contributed by atoms with E-state index in [1.54, 1.807) is 0 Å². The van der Waals surface area contributed by atoms with Crippen LogP contribution in [0.25, 0.3) is 0 Å². The Labute approximate surface area is 84.3 Å². The van der Waals surface area contributed by atoms with Gasteiger partial charge in [0.15, 0.2) is 0 Å². The summed E-state index contributed by atoms with van der Waals surface area (Å²) < 4.78 is 4.64. The summed E-state index contributed by atoms with van der Waals surface area (Å²) in [5, 5.41) is 2.62. The van der Waals surface area contributed by atoms with Crippen molar-refractivity contribution >= 4 is 12.4 Å². The molecule has 14 heavy (non-hydrogen) atoms. The van der Waals surface area contributed by atoms with Gasteiger partial charge in [0, 0.05) is 18.5 Å². The van der Waals surface area contributed by atoms with Gasteiger partial charge in [0.2, 0.25) is 5.91 Å². The first-order chi connectivity index (χ1) is 6.49. The second-order valence-electron chi connectivity index (χ2n) is 3.40. The average molecular weight is 199 g/mol. The summed E-state index contributed by atoms with van der Waals surface area (Å²) in [7, 11) is 0. The fraction of sp³-hybridized carbons (Fsp3) is 0.600. The van der Waals surface area contributed by atoms with Crippen molar-refractivity contribution in [2.45, 2.75) is 20.8 Å². The number of carbonyl (C=O) groups is 2. The van der Waals surface area contributed by atoms with E-state index in [1.165, 1.54) is 6.92 Å². The molecular formula is C10H17NO3. The van der Waals surface area contributed by atoms with Crippen molar-refractivity contribution in [2.24, 2.45) is 11.8 Å². The Morgan fingerprint density at radius 3 is 2.57 bits per heavy atom. The molecule has 0 saturated carbocycles. The first kappa shape index (κ1) is 12.7. The zero-order valence-electron chi connectivity index (χ0n) is 8.87. The third kappa shape index (κ3) is 4.64. The lowest BCUT2D eigenvalue weighted by Gasteiger charge is -2.21. The molecule has 0 spiro atoms. The Kier molecular flexibility index (Phi) is 5.60. The van der Waals surface area contributed by atoms with Crippen LogP contribution < -0.4 is 5.32 Å². The van der Waals surface area contributed by atoms with Crippen LogP contribution in [0, 0.1) is 11.8 Å². The Morgan fingerprint density at radius 1 is 1.57 bits per heavy atom. The number of carbonyl (C=O) groups excluding carboxylic acids is 2. The molecule has 2 atom stereocenters. The van der Waals surface area contributed by atoms with Crippen molar-refractivity contribution < 1.29 is 14.3 Å². The van der Waals surface area contributed by atoms with Crippen LogP contribution in [0.15, 0.2) is 12.3 Å². The van der Waals surface area contributed by atoms with E-state index in [-0.39, 0.29) is 17.7 Å². The second-order valence-corrected chi connectivity index (χ2v) is 3.40. The number of rotatable bonds is 6. The zero-order valence-corrected chi connectivity index (χ0v) is 8.87. The normalized spacial score (nSPS) is 13.9. The van der Waals surface area contributed by atoms with Gasteiger partial charge in [0.25, 0.3) is 6.47 Å². The Balaban J connectivity index is 4.02. The molecule has 80 valence electrons. The van der Waals surface area contributed by atoms with Gasteiger partial charge in [-0.25, -0.2) is 0 Å². The van der Waals surface area contributed by atoms with Gasteiger partial charge in [-0.2, -0.15) is 0 Å². The van der Waals surface area contributed by atoms with Crippen LogP contribution in [-0.2, 0) is 14.3 Å². The van der Waals surface area contributed by atoms with Gasteiger partial charge in [-0.3, -0.25) is 9.59 Å². The zero-order chi connectivity index (χ0) is 11.1. The molecule has 0 rings (SSSR count). The highest BCUT2D eigenvalue weighted by Crippen LogP contribution is 2.16. The van der Waals surface area contributed by atoms with Crippen LogP contribution in [0.4, 0.5) is 0 Å². The van der Waals surface area contributed by atoms with Crippen LogP contribution >= 0.6 is 0 Å². The van der Waals surface area contributed by atoms with E-state index in [0.29, 0.717) is 18.8 Å². The quantitative estimate of drug-likeness (QED) is 0.651. The van der Waals surface area contributed by atoms with Gasteiger partial charge < -0.3 is 10.1 Å². The summed E-state index contributed by atoms with van der Waals surface area (Å²) in [6.07, 6.45) is 0. The minimum absolute atomic E-state index is 0.0823. The van der Waals surface area contributed by atoms with Gasteiger partial charge in [-0.1, -0.05) is 20.4 Å². The molecular weight excluding hydrogens is 182 g/mol. The molecule has 2 unspecified atom stereocenters. The lowest BCUT2D eigenvalue weighted by molar-refractivity contribution is -0.130. The van der Waals surface area contributed by atoms with E-state index in [1.807, 2.05) is 13.8 Å². The van der Waals surface area contributed by atoms with Crippen LogP contribution in [0.2, 0.25) is 0 Å². The van der Waals surface area contributed by atoms with Crippen LogP contribution in [0.1, 0.15) is 20.8 Å². The standard InChI is InChI=1S/C10H17NO3/c1-7(5-14-6-12)8(2)9(3)11-10(4)13/h6-8H,3,5H2,1-2,4H3,(H,11,13). The molecule has 0 aliphatic heterocycles. The molecule has 0 aromatic heterocycles. The number of amides is 1. The number of hydrogen-bond acceptors (Lipinski definition) is 3. The molecule has 0 saturated heterocycles. The van der Waals surface area contributed by atoms with Crippen molar-refractivity contribution in [3.8, 4) is 0 Å². The molecule has 0 bridgehead atoms. The highest BCUT2D eigenvalue weighted by molar-refractivity contribution is 5.74. The smallest absolute Gasteiger partial charge is 0.293 e. The third-order valence-electron chi connectivity index (χ3n) is 2.17. The predicted octanol–water partition coefficient (Wildman–Crippen LogP) is 1.08. The summed E-state index contributed by atoms with van der Waals surface area (Å²) in [6.45, 7) is 9.80. The average Bonchev–Trinajstić information content (AvgIpc) is 2.11. The van der Waals surface area contributed by atoms with Crippen LogP contribution in [-0.4, -0.2) is 19.0 Å². The summed E-state index contributed by atoms with van der Waals surface area (Å²) >= 11 is 0. The highest BCUT2D eigenvalue weighted by atomic mass is 16.5. The maximum absolute atomic E-state index is 10.7. The molecule has 4 nitrogen and oxygen atoms in total. The number of allylic oxidation sites excluding steroid dienone is 1. The number of nitrogens with one attached hydrogen (secondary N) is 1. The van der Waals surface area contributed by atoms with Crippen molar-refractivity contribution in [3.05, 3.63) is 12.3 Å². The van der Waals surface area contributed by atoms with Crippen LogP contribution in [0.5, 0.6) is 0 Å². The van der Waals surface area contributed by atoms with Crippen molar-refractivity contribution in [1.29, 1.82) is 0 Å². The van der Waals surface area contributed by atoms with Gasteiger partial charge in [0.1, 0.15) is 0 Å². The Bertz CT molecular complexity index is 225. The second kappa shape index (κ2) is 6.18. The molecule has 4 heteroatoms. The van der Waals surface area contributed by atoms with E-state index < -0.39 is 0 Å². The summed E-state index contributed by atoms with van der Waals surface area (Å²) in [6, 6.07) is 0. The van der Waals surface area contributed by atoms with E-state index in [0.717, 1.165) is 0 Å². The van der Waals surface area contributed by atoms with E-state index in [9.17, 15) is 9.59 Å². The summed E-state index contributed by atoms with van der Waals surface area (Å²) in [4.78, 5) is 20.7. The van der Waals surface area contributed by atoms with Crippen molar-refractivity contribution in [2.75, 3.05) is 6.61 Å². The minimum Gasteiger partial charge on any atom is -0.468 e. The maximum atomic E-state index is 10.7. The fourth-order valence-electron chi connectivity index (χ4n) is 1.02. The molecule has 0 radical (unpaired) electrons. The van der Waals surface area contributed by atoms with Gasteiger partial charge in [-0.15, -0.1) is 0 Å². The molecule has 0 aliphatic carbocycles. The molecule has 0 heterocycles. The van der Waals surface area contributed by atoms with Gasteiger partial charge in [-0.05, 0) is 5.92 Å². The molecule has 0 aromatic carbocycles.